The first kappa shape index (κ1) is 16.1. The van der Waals surface area contributed by atoms with E-state index in [9.17, 15) is 9.90 Å². The minimum absolute atomic E-state index is 0.0563. The van der Waals surface area contributed by atoms with Crippen molar-refractivity contribution < 1.29 is 9.90 Å². The van der Waals surface area contributed by atoms with Crippen LogP contribution in [0, 0.1) is 0 Å². The van der Waals surface area contributed by atoms with Gasteiger partial charge >= 0.3 is 0 Å². The molecular formula is C15H22ClN3O2. The Morgan fingerprint density at radius 3 is 3.05 bits per heavy atom. The van der Waals surface area contributed by atoms with Crippen LogP contribution in [0.2, 0.25) is 5.02 Å². The van der Waals surface area contributed by atoms with E-state index in [0.29, 0.717) is 29.4 Å². The minimum atomic E-state index is -0.221. The molecular weight excluding hydrogens is 290 g/mol. The van der Waals surface area contributed by atoms with E-state index in [1.54, 1.807) is 18.2 Å². The normalized spacial score (nSPS) is 19.4. The van der Waals surface area contributed by atoms with Gasteiger partial charge in [0.05, 0.1) is 16.8 Å². The molecule has 1 aliphatic rings. The molecule has 1 heterocycles. The van der Waals surface area contributed by atoms with Crippen LogP contribution in [0.4, 0.5) is 11.4 Å². The number of amides is 1. The number of hydrogen-bond donors (Lipinski definition) is 3. The second-order valence-corrected chi connectivity index (χ2v) is 5.89. The summed E-state index contributed by atoms with van der Waals surface area (Å²) >= 11 is 6.01. The molecule has 0 radical (unpaired) electrons. The van der Waals surface area contributed by atoms with Crippen molar-refractivity contribution in [1.82, 2.24) is 4.90 Å². The zero-order valence-corrected chi connectivity index (χ0v) is 12.8. The van der Waals surface area contributed by atoms with Gasteiger partial charge < -0.3 is 21.1 Å². The van der Waals surface area contributed by atoms with Gasteiger partial charge in [-0.15, -0.1) is 0 Å². The highest BCUT2D eigenvalue weighted by atomic mass is 35.5. The topological polar surface area (TPSA) is 78.6 Å². The second kappa shape index (κ2) is 7.64. The number of nitrogens with one attached hydrogen (secondary N) is 1. The van der Waals surface area contributed by atoms with Crippen LogP contribution in [0.3, 0.4) is 0 Å². The number of carbonyl (C=O) groups excluding carboxylic acids is 1. The summed E-state index contributed by atoms with van der Waals surface area (Å²) in [7, 11) is 0. The number of hydrogen-bond acceptors (Lipinski definition) is 4. The number of nitrogen functional groups attached to an aromatic ring is 1. The van der Waals surface area contributed by atoms with Crippen molar-refractivity contribution in [3.63, 3.8) is 0 Å². The molecule has 4 N–H and O–H groups in total. The number of anilines is 2. The van der Waals surface area contributed by atoms with Gasteiger partial charge in [-0.05, 0) is 50.6 Å². The number of aliphatic hydroxyl groups excluding tert-OH is 1. The van der Waals surface area contributed by atoms with Gasteiger partial charge in [0, 0.05) is 18.7 Å². The van der Waals surface area contributed by atoms with Gasteiger partial charge in [-0.25, -0.2) is 0 Å². The van der Waals surface area contributed by atoms with Crippen molar-refractivity contribution in [2.24, 2.45) is 0 Å². The number of β-amino-alcohol motifs (C(OH)–C–C–N with tert-alkyl or cyclic N) is 1. The Morgan fingerprint density at radius 1 is 1.52 bits per heavy atom. The maximum atomic E-state index is 11.9. The average molecular weight is 312 g/mol. The summed E-state index contributed by atoms with van der Waals surface area (Å²) in [6, 6.07) is 5.03. The van der Waals surface area contributed by atoms with E-state index >= 15 is 0 Å². The highest BCUT2D eigenvalue weighted by molar-refractivity contribution is 6.34. The van der Waals surface area contributed by atoms with E-state index < -0.39 is 0 Å². The van der Waals surface area contributed by atoms with Gasteiger partial charge in [0.25, 0.3) is 0 Å². The summed E-state index contributed by atoms with van der Waals surface area (Å²) in [6.07, 6.45) is 2.89. The minimum Gasteiger partial charge on any atom is -0.399 e. The second-order valence-electron chi connectivity index (χ2n) is 5.49. The van der Waals surface area contributed by atoms with Gasteiger partial charge in [0.15, 0.2) is 0 Å². The summed E-state index contributed by atoms with van der Waals surface area (Å²) in [6.45, 7) is 2.55. The van der Waals surface area contributed by atoms with Gasteiger partial charge in [-0.2, -0.15) is 0 Å². The van der Waals surface area contributed by atoms with Crippen molar-refractivity contribution in [3.8, 4) is 0 Å². The van der Waals surface area contributed by atoms with Crippen LogP contribution in [0.5, 0.6) is 0 Å². The molecule has 1 atom stereocenters. The van der Waals surface area contributed by atoms with E-state index in [1.165, 1.54) is 0 Å². The number of nitrogens with two attached hydrogens (primary N) is 1. The largest absolute Gasteiger partial charge is 0.399 e. The summed E-state index contributed by atoms with van der Waals surface area (Å²) < 4.78 is 0. The van der Waals surface area contributed by atoms with E-state index in [-0.39, 0.29) is 12.0 Å². The lowest BCUT2D eigenvalue weighted by Gasteiger charge is -2.29. The number of aliphatic hydroxyl groups is 1. The van der Waals surface area contributed by atoms with Gasteiger partial charge in [0.1, 0.15) is 0 Å². The van der Waals surface area contributed by atoms with Crippen molar-refractivity contribution in [1.29, 1.82) is 0 Å². The van der Waals surface area contributed by atoms with Crippen molar-refractivity contribution in [2.45, 2.75) is 31.8 Å². The molecule has 1 unspecified atom stereocenters. The third kappa shape index (κ3) is 5.19. The molecule has 0 aliphatic carbocycles. The zero-order valence-electron chi connectivity index (χ0n) is 12.0. The lowest BCUT2D eigenvalue weighted by molar-refractivity contribution is -0.116. The molecule has 6 heteroatoms. The number of rotatable bonds is 5. The molecule has 1 fully saturated rings. The Bertz CT molecular complexity index is 496. The third-order valence-corrected chi connectivity index (χ3v) is 3.94. The van der Waals surface area contributed by atoms with Crippen LogP contribution < -0.4 is 11.1 Å². The number of carbonyl (C=O) groups is 1. The molecule has 0 aromatic heterocycles. The van der Waals surface area contributed by atoms with E-state index in [2.05, 4.69) is 10.2 Å². The van der Waals surface area contributed by atoms with Crippen molar-refractivity contribution in [2.75, 3.05) is 30.7 Å². The van der Waals surface area contributed by atoms with E-state index in [4.69, 9.17) is 17.3 Å². The molecule has 1 amide bonds. The predicted molar refractivity (Wildman–Crippen MR) is 85.4 cm³/mol. The summed E-state index contributed by atoms with van der Waals surface area (Å²) in [4.78, 5) is 14.1. The fourth-order valence-electron chi connectivity index (χ4n) is 2.54. The number of likely N-dealkylation sites (tertiary alicyclic amines) is 1. The molecule has 2 rings (SSSR count). The molecule has 0 spiro atoms. The van der Waals surface area contributed by atoms with Crippen molar-refractivity contribution in [3.05, 3.63) is 23.2 Å². The number of piperidine rings is 1. The Labute approximate surface area is 130 Å². The Hall–Kier alpha value is -1.30. The molecule has 5 nitrogen and oxygen atoms in total. The standard InChI is InChI=1S/C15H22ClN3O2/c16-13-9-11(17)5-6-14(13)18-15(21)4-2-8-19-7-1-3-12(20)10-19/h5-6,9,12,20H,1-4,7-8,10,17H2,(H,18,21). The Morgan fingerprint density at radius 2 is 2.33 bits per heavy atom. The molecule has 1 aromatic carbocycles. The van der Waals surface area contributed by atoms with Gasteiger partial charge in [-0.1, -0.05) is 11.6 Å². The zero-order chi connectivity index (χ0) is 15.2. The maximum absolute atomic E-state index is 11.9. The number of halogens is 1. The van der Waals surface area contributed by atoms with Gasteiger partial charge in [-0.3, -0.25) is 4.79 Å². The molecule has 1 aliphatic heterocycles. The Balaban J connectivity index is 1.72. The number of nitrogens with zero attached hydrogens (tertiary/aromatic N) is 1. The van der Waals surface area contributed by atoms with E-state index in [0.717, 1.165) is 32.4 Å². The Kier molecular flexibility index (Phi) is 5.85. The van der Waals surface area contributed by atoms with Crippen LogP contribution in [-0.4, -0.2) is 41.7 Å². The highest BCUT2D eigenvalue weighted by Gasteiger charge is 2.17. The first-order valence-corrected chi connectivity index (χ1v) is 7.67. The van der Waals surface area contributed by atoms with Crippen molar-refractivity contribution >= 4 is 28.9 Å². The molecule has 0 saturated carbocycles. The van der Waals surface area contributed by atoms with E-state index in [1.807, 2.05) is 0 Å². The summed E-state index contributed by atoms with van der Waals surface area (Å²) in [5, 5.41) is 12.8. The smallest absolute Gasteiger partial charge is 0.224 e. The first-order valence-electron chi connectivity index (χ1n) is 7.30. The lowest BCUT2D eigenvalue weighted by atomic mass is 10.1. The molecule has 1 saturated heterocycles. The SMILES string of the molecule is Nc1ccc(NC(=O)CCCN2CCCC(O)C2)c(Cl)c1. The maximum Gasteiger partial charge on any atom is 0.224 e. The quantitative estimate of drug-likeness (QED) is 0.728. The van der Waals surface area contributed by atoms with Gasteiger partial charge in [0.2, 0.25) is 5.91 Å². The summed E-state index contributed by atoms with van der Waals surface area (Å²) in [5.41, 5.74) is 6.77. The van der Waals surface area contributed by atoms with Crippen LogP contribution in [0.25, 0.3) is 0 Å². The monoisotopic (exact) mass is 311 g/mol. The number of benzene rings is 1. The fourth-order valence-corrected chi connectivity index (χ4v) is 2.78. The first-order chi connectivity index (χ1) is 10.0. The molecule has 21 heavy (non-hydrogen) atoms. The third-order valence-electron chi connectivity index (χ3n) is 3.63. The molecule has 0 bridgehead atoms. The average Bonchev–Trinajstić information content (AvgIpc) is 2.42. The van der Waals surface area contributed by atoms with Crippen LogP contribution in [0.15, 0.2) is 18.2 Å². The lowest BCUT2D eigenvalue weighted by Crippen LogP contribution is -2.38. The predicted octanol–water partition coefficient (Wildman–Crippen LogP) is 2.10. The summed E-state index contributed by atoms with van der Waals surface area (Å²) in [5.74, 6) is -0.0563. The molecule has 116 valence electrons. The van der Waals surface area contributed by atoms with Crippen LogP contribution >= 0.6 is 11.6 Å². The van der Waals surface area contributed by atoms with Crippen LogP contribution in [0.1, 0.15) is 25.7 Å². The highest BCUT2D eigenvalue weighted by Crippen LogP contribution is 2.24. The van der Waals surface area contributed by atoms with Crippen LogP contribution in [-0.2, 0) is 4.79 Å². The molecule has 1 aromatic rings. The fraction of sp³-hybridized carbons (Fsp3) is 0.533.